The first-order valence-electron chi connectivity index (χ1n) is 3.71. The predicted molar refractivity (Wildman–Crippen MR) is 49.3 cm³/mol. The summed E-state index contributed by atoms with van der Waals surface area (Å²) in [5.74, 6) is -0.347. The molecular formula is C7H14NO4P. The SMILES string of the molecule is C=CC(=O)N(C)CC(C)P(=O)(O)O. The Morgan fingerprint density at radius 2 is 2.15 bits per heavy atom. The van der Waals surface area contributed by atoms with Gasteiger partial charge in [0.25, 0.3) is 0 Å². The van der Waals surface area contributed by atoms with Crippen molar-refractivity contribution in [3.05, 3.63) is 12.7 Å². The Bertz CT molecular complexity index is 247. The molecule has 5 nitrogen and oxygen atoms in total. The summed E-state index contributed by atoms with van der Waals surface area (Å²) in [7, 11) is -2.62. The Morgan fingerprint density at radius 1 is 1.69 bits per heavy atom. The highest BCUT2D eigenvalue weighted by molar-refractivity contribution is 7.52. The van der Waals surface area contributed by atoms with Gasteiger partial charge in [0, 0.05) is 13.6 Å². The van der Waals surface area contributed by atoms with Gasteiger partial charge in [-0.25, -0.2) is 0 Å². The van der Waals surface area contributed by atoms with Crippen LogP contribution in [0.4, 0.5) is 0 Å². The molecule has 0 aliphatic carbocycles. The standard InChI is InChI=1S/C7H14NO4P/c1-4-7(9)8(3)5-6(2)13(10,11)12/h4,6H,1,5H2,2-3H3,(H2,10,11,12). The Morgan fingerprint density at radius 3 is 2.46 bits per heavy atom. The van der Waals surface area contributed by atoms with Crippen LogP contribution in [0.15, 0.2) is 12.7 Å². The minimum absolute atomic E-state index is 0.0229. The number of nitrogens with zero attached hydrogens (tertiary/aromatic N) is 1. The molecule has 1 atom stereocenters. The molecule has 0 fully saturated rings. The molecule has 0 aliphatic heterocycles. The van der Waals surface area contributed by atoms with E-state index in [4.69, 9.17) is 9.79 Å². The van der Waals surface area contributed by atoms with E-state index in [0.717, 1.165) is 6.08 Å². The zero-order valence-corrected chi connectivity index (χ0v) is 8.57. The third kappa shape index (κ3) is 4.22. The van der Waals surface area contributed by atoms with Crippen molar-refractivity contribution in [2.24, 2.45) is 0 Å². The maximum atomic E-state index is 10.9. The Hall–Kier alpha value is -0.640. The van der Waals surface area contributed by atoms with Gasteiger partial charge in [0.15, 0.2) is 0 Å². The van der Waals surface area contributed by atoms with E-state index in [0.29, 0.717) is 0 Å². The van der Waals surface area contributed by atoms with Crippen LogP contribution in [0.2, 0.25) is 0 Å². The molecule has 1 amide bonds. The number of rotatable bonds is 4. The smallest absolute Gasteiger partial charge is 0.330 e. The van der Waals surface area contributed by atoms with Crippen LogP contribution in [0, 0.1) is 0 Å². The van der Waals surface area contributed by atoms with Crippen molar-refractivity contribution in [1.82, 2.24) is 4.90 Å². The van der Waals surface area contributed by atoms with Crippen LogP contribution < -0.4 is 0 Å². The molecule has 0 rings (SSSR count). The normalized spacial score (nSPS) is 13.5. The second-order valence-electron chi connectivity index (χ2n) is 2.86. The fourth-order valence-electron chi connectivity index (χ4n) is 0.749. The van der Waals surface area contributed by atoms with Crippen LogP contribution in [0.3, 0.4) is 0 Å². The van der Waals surface area contributed by atoms with Gasteiger partial charge in [0.05, 0.1) is 5.66 Å². The number of likely N-dealkylation sites (N-methyl/N-ethyl adjacent to an activating group) is 1. The maximum Gasteiger partial charge on any atom is 0.330 e. The summed E-state index contributed by atoms with van der Waals surface area (Å²) in [6.45, 7) is 4.69. The van der Waals surface area contributed by atoms with Crippen molar-refractivity contribution < 1.29 is 19.1 Å². The van der Waals surface area contributed by atoms with Crippen molar-refractivity contribution in [2.75, 3.05) is 13.6 Å². The number of amides is 1. The van der Waals surface area contributed by atoms with E-state index in [2.05, 4.69) is 6.58 Å². The van der Waals surface area contributed by atoms with E-state index in [-0.39, 0.29) is 12.5 Å². The van der Waals surface area contributed by atoms with Crippen LogP contribution in [-0.2, 0) is 9.36 Å². The summed E-state index contributed by atoms with van der Waals surface area (Å²) in [4.78, 5) is 29.6. The molecule has 0 aliphatic rings. The first-order valence-corrected chi connectivity index (χ1v) is 5.40. The molecule has 6 heteroatoms. The third-order valence-corrected chi connectivity index (χ3v) is 2.97. The average Bonchev–Trinajstić information content (AvgIpc) is 2.01. The van der Waals surface area contributed by atoms with E-state index < -0.39 is 13.3 Å². The molecule has 0 aromatic rings. The average molecular weight is 207 g/mol. The molecule has 0 saturated carbocycles. The summed E-state index contributed by atoms with van der Waals surface area (Å²) in [6.07, 6.45) is 1.10. The van der Waals surface area contributed by atoms with Crippen molar-refractivity contribution in [1.29, 1.82) is 0 Å². The number of hydrogen-bond donors (Lipinski definition) is 2. The molecule has 0 aromatic heterocycles. The number of carbonyl (C=O) groups excluding carboxylic acids is 1. The topological polar surface area (TPSA) is 77.8 Å². The molecule has 0 saturated heterocycles. The highest BCUT2D eigenvalue weighted by Gasteiger charge is 2.25. The lowest BCUT2D eigenvalue weighted by Crippen LogP contribution is -2.31. The monoisotopic (exact) mass is 207 g/mol. The van der Waals surface area contributed by atoms with Gasteiger partial charge in [0.2, 0.25) is 5.91 Å². The Labute approximate surface area is 77.2 Å². The van der Waals surface area contributed by atoms with Gasteiger partial charge >= 0.3 is 7.60 Å². The van der Waals surface area contributed by atoms with Crippen LogP contribution in [0.1, 0.15) is 6.92 Å². The summed E-state index contributed by atoms with van der Waals surface area (Å²) in [5, 5.41) is 0. The molecule has 13 heavy (non-hydrogen) atoms. The predicted octanol–water partition coefficient (Wildman–Crippen LogP) is 0.197. The second-order valence-corrected chi connectivity index (χ2v) is 4.92. The first-order chi connectivity index (χ1) is 5.79. The van der Waals surface area contributed by atoms with E-state index in [1.54, 1.807) is 0 Å². The van der Waals surface area contributed by atoms with Crippen molar-refractivity contribution in [3.63, 3.8) is 0 Å². The van der Waals surface area contributed by atoms with Crippen LogP contribution in [0.5, 0.6) is 0 Å². The first kappa shape index (κ1) is 12.4. The summed E-state index contributed by atoms with van der Waals surface area (Å²) >= 11 is 0. The maximum absolute atomic E-state index is 10.9. The van der Waals surface area contributed by atoms with Crippen molar-refractivity contribution in [2.45, 2.75) is 12.6 Å². The van der Waals surface area contributed by atoms with Crippen LogP contribution in [0.25, 0.3) is 0 Å². The molecule has 0 bridgehead atoms. The molecule has 76 valence electrons. The fraction of sp³-hybridized carbons (Fsp3) is 0.571. The van der Waals surface area contributed by atoms with E-state index in [9.17, 15) is 9.36 Å². The van der Waals surface area contributed by atoms with Crippen LogP contribution in [-0.4, -0.2) is 39.8 Å². The summed E-state index contributed by atoms with van der Waals surface area (Å²) < 4.78 is 10.7. The third-order valence-electron chi connectivity index (χ3n) is 1.66. The fourth-order valence-corrected chi connectivity index (χ4v) is 1.21. The van der Waals surface area contributed by atoms with E-state index in [1.165, 1.54) is 18.9 Å². The van der Waals surface area contributed by atoms with Gasteiger partial charge in [-0.1, -0.05) is 6.58 Å². The van der Waals surface area contributed by atoms with Gasteiger partial charge in [-0.15, -0.1) is 0 Å². The number of hydrogen-bond acceptors (Lipinski definition) is 2. The molecular weight excluding hydrogens is 193 g/mol. The zero-order valence-electron chi connectivity index (χ0n) is 7.67. The molecule has 1 unspecified atom stereocenters. The molecule has 0 radical (unpaired) electrons. The van der Waals surface area contributed by atoms with Gasteiger partial charge in [-0.2, -0.15) is 0 Å². The molecule has 0 spiro atoms. The lowest BCUT2D eigenvalue weighted by molar-refractivity contribution is -0.124. The highest BCUT2D eigenvalue weighted by Crippen LogP contribution is 2.40. The zero-order chi connectivity index (χ0) is 10.6. The molecule has 0 aromatic carbocycles. The minimum Gasteiger partial charge on any atom is -0.341 e. The largest absolute Gasteiger partial charge is 0.341 e. The van der Waals surface area contributed by atoms with E-state index in [1.807, 2.05) is 0 Å². The van der Waals surface area contributed by atoms with Gasteiger partial charge in [-0.3, -0.25) is 9.36 Å². The van der Waals surface area contributed by atoms with Crippen molar-refractivity contribution in [3.8, 4) is 0 Å². The lowest BCUT2D eigenvalue weighted by Gasteiger charge is -2.20. The molecule has 0 heterocycles. The highest BCUT2D eigenvalue weighted by atomic mass is 31.2. The number of carbonyl (C=O) groups is 1. The van der Waals surface area contributed by atoms with Crippen LogP contribution >= 0.6 is 7.60 Å². The Balaban J connectivity index is 4.22. The summed E-state index contributed by atoms with van der Waals surface area (Å²) in [5.41, 5.74) is -0.846. The Kier molecular flexibility index (Phi) is 4.33. The quantitative estimate of drug-likeness (QED) is 0.509. The van der Waals surface area contributed by atoms with Gasteiger partial charge in [-0.05, 0) is 13.0 Å². The van der Waals surface area contributed by atoms with Gasteiger partial charge < -0.3 is 14.7 Å². The summed E-state index contributed by atoms with van der Waals surface area (Å²) in [6, 6.07) is 0. The minimum atomic E-state index is -4.09. The van der Waals surface area contributed by atoms with E-state index >= 15 is 0 Å². The van der Waals surface area contributed by atoms with Crippen molar-refractivity contribution >= 4 is 13.5 Å². The molecule has 2 N–H and O–H groups in total. The second kappa shape index (κ2) is 4.56. The lowest BCUT2D eigenvalue weighted by atomic mass is 10.4. The van der Waals surface area contributed by atoms with Gasteiger partial charge in [0.1, 0.15) is 0 Å².